The van der Waals surface area contributed by atoms with Gasteiger partial charge in [0.25, 0.3) is 0 Å². The predicted molar refractivity (Wildman–Crippen MR) is 78.6 cm³/mol. The van der Waals surface area contributed by atoms with E-state index < -0.39 is 0 Å². The molecule has 0 spiro atoms. The lowest BCUT2D eigenvalue weighted by Crippen LogP contribution is -2.34. The number of anilines is 1. The van der Waals surface area contributed by atoms with E-state index in [1.54, 1.807) is 0 Å². The fourth-order valence-electron chi connectivity index (χ4n) is 3.08. The van der Waals surface area contributed by atoms with Crippen LogP contribution in [-0.2, 0) is 11.3 Å². The summed E-state index contributed by atoms with van der Waals surface area (Å²) in [4.78, 5) is 4.30. The van der Waals surface area contributed by atoms with E-state index in [-0.39, 0.29) is 0 Å². The van der Waals surface area contributed by atoms with Gasteiger partial charge in [0.1, 0.15) is 5.82 Å². The summed E-state index contributed by atoms with van der Waals surface area (Å²) in [6, 6.07) is 5.72. The molecule has 3 unspecified atom stereocenters. The molecule has 1 aromatic heterocycles. The summed E-state index contributed by atoms with van der Waals surface area (Å²) in [5.41, 5.74) is 6.63. The van der Waals surface area contributed by atoms with Gasteiger partial charge in [-0.1, -0.05) is 33.3 Å². The van der Waals surface area contributed by atoms with Gasteiger partial charge in [0.05, 0.1) is 18.4 Å². The predicted octanol–water partition coefficient (Wildman–Crippen LogP) is 3.64. The number of hydrogen-bond donors (Lipinski definition) is 1. The monoisotopic (exact) mass is 262 g/mol. The molecule has 0 aromatic carbocycles. The third kappa shape index (κ3) is 3.93. The maximum absolute atomic E-state index is 6.15. The molecule has 106 valence electrons. The third-order valence-corrected chi connectivity index (χ3v) is 4.23. The molecule has 19 heavy (non-hydrogen) atoms. The zero-order valence-electron chi connectivity index (χ0n) is 12.3. The fraction of sp³-hybridized carbons (Fsp3) is 0.688. The topological polar surface area (TPSA) is 48.1 Å². The highest BCUT2D eigenvalue weighted by atomic mass is 16.5. The van der Waals surface area contributed by atoms with E-state index in [1.807, 2.05) is 18.2 Å². The van der Waals surface area contributed by atoms with Crippen LogP contribution < -0.4 is 5.73 Å². The molecular weight excluding hydrogens is 236 g/mol. The Morgan fingerprint density at radius 1 is 1.37 bits per heavy atom. The molecule has 1 aliphatic carbocycles. The summed E-state index contributed by atoms with van der Waals surface area (Å²) < 4.78 is 6.15. The fourth-order valence-corrected chi connectivity index (χ4v) is 3.08. The number of nitrogens with zero attached hydrogens (tertiary/aromatic N) is 1. The van der Waals surface area contributed by atoms with Crippen molar-refractivity contribution in [2.75, 3.05) is 5.73 Å². The van der Waals surface area contributed by atoms with Gasteiger partial charge < -0.3 is 10.5 Å². The Labute approximate surface area is 116 Å². The van der Waals surface area contributed by atoms with Crippen LogP contribution in [0.25, 0.3) is 0 Å². The van der Waals surface area contributed by atoms with Gasteiger partial charge in [0, 0.05) is 0 Å². The highest BCUT2D eigenvalue weighted by Crippen LogP contribution is 2.35. The molecule has 0 radical (unpaired) electrons. The highest BCUT2D eigenvalue weighted by Gasteiger charge is 2.31. The van der Waals surface area contributed by atoms with E-state index in [1.165, 1.54) is 19.3 Å². The van der Waals surface area contributed by atoms with Crippen LogP contribution in [-0.4, -0.2) is 11.1 Å². The second-order valence-electron chi connectivity index (χ2n) is 6.23. The molecular formula is C16H26N2O. The number of ether oxygens (including phenoxy) is 1. The van der Waals surface area contributed by atoms with Crippen LogP contribution in [0.5, 0.6) is 0 Å². The zero-order chi connectivity index (χ0) is 13.8. The first kappa shape index (κ1) is 14.3. The van der Waals surface area contributed by atoms with Gasteiger partial charge in [-0.2, -0.15) is 0 Å². The van der Waals surface area contributed by atoms with Crippen LogP contribution in [0, 0.1) is 17.8 Å². The molecule has 0 amide bonds. The standard InChI is InChI=1S/C16H26N2O/c1-11(2)14-8-7-12(3)9-15(14)19-10-13-5-4-6-16(17)18-13/h4-6,11-12,14-15H,7-10H2,1-3H3,(H2,17,18). The second kappa shape index (κ2) is 6.38. The first-order chi connectivity index (χ1) is 9.06. The molecule has 2 N–H and O–H groups in total. The molecule has 1 saturated carbocycles. The molecule has 3 nitrogen and oxygen atoms in total. The van der Waals surface area contributed by atoms with Crippen molar-refractivity contribution >= 4 is 5.82 Å². The van der Waals surface area contributed by atoms with Crippen molar-refractivity contribution in [3.63, 3.8) is 0 Å². The summed E-state index contributed by atoms with van der Waals surface area (Å²) in [6.07, 6.45) is 4.16. The molecule has 0 bridgehead atoms. The Kier molecular flexibility index (Phi) is 4.81. The van der Waals surface area contributed by atoms with E-state index >= 15 is 0 Å². The molecule has 3 atom stereocenters. The number of pyridine rings is 1. The third-order valence-electron chi connectivity index (χ3n) is 4.23. The Hall–Kier alpha value is -1.09. The van der Waals surface area contributed by atoms with Crippen LogP contribution in [0.2, 0.25) is 0 Å². The largest absolute Gasteiger partial charge is 0.384 e. The van der Waals surface area contributed by atoms with Gasteiger partial charge in [-0.05, 0) is 42.7 Å². The highest BCUT2D eigenvalue weighted by molar-refractivity contribution is 5.28. The molecule has 1 fully saturated rings. The van der Waals surface area contributed by atoms with Crippen molar-refractivity contribution in [3.05, 3.63) is 23.9 Å². The van der Waals surface area contributed by atoms with E-state index in [4.69, 9.17) is 10.5 Å². The zero-order valence-corrected chi connectivity index (χ0v) is 12.3. The van der Waals surface area contributed by atoms with Gasteiger partial charge in [-0.3, -0.25) is 0 Å². The Morgan fingerprint density at radius 2 is 2.16 bits per heavy atom. The van der Waals surface area contributed by atoms with Gasteiger partial charge in [0.2, 0.25) is 0 Å². The van der Waals surface area contributed by atoms with E-state index in [9.17, 15) is 0 Å². The molecule has 1 aromatic rings. The summed E-state index contributed by atoms with van der Waals surface area (Å²) in [7, 11) is 0. The molecule has 3 heteroatoms. The Bertz CT molecular complexity index is 405. The lowest BCUT2D eigenvalue weighted by atomic mass is 9.75. The summed E-state index contributed by atoms with van der Waals surface area (Å²) >= 11 is 0. The second-order valence-corrected chi connectivity index (χ2v) is 6.23. The van der Waals surface area contributed by atoms with Crippen molar-refractivity contribution in [2.24, 2.45) is 17.8 Å². The van der Waals surface area contributed by atoms with Gasteiger partial charge >= 0.3 is 0 Å². The van der Waals surface area contributed by atoms with E-state index in [0.29, 0.717) is 30.4 Å². The Balaban J connectivity index is 1.95. The average molecular weight is 262 g/mol. The first-order valence-electron chi connectivity index (χ1n) is 7.39. The molecule has 0 aliphatic heterocycles. The maximum Gasteiger partial charge on any atom is 0.123 e. The summed E-state index contributed by atoms with van der Waals surface area (Å²) in [5.74, 6) is 2.70. The lowest BCUT2D eigenvalue weighted by Gasteiger charge is -2.37. The number of nitrogen functional groups attached to an aromatic ring is 1. The van der Waals surface area contributed by atoms with Gasteiger partial charge in [0.15, 0.2) is 0 Å². The number of nitrogens with two attached hydrogens (primary N) is 1. The quantitative estimate of drug-likeness (QED) is 0.901. The van der Waals surface area contributed by atoms with Crippen molar-refractivity contribution in [1.29, 1.82) is 0 Å². The summed E-state index contributed by atoms with van der Waals surface area (Å²) in [6.45, 7) is 7.50. The van der Waals surface area contributed by atoms with Crippen molar-refractivity contribution < 1.29 is 4.74 Å². The average Bonchev–Trinajstić information content (AvgIpc) is 2.36. The van der Waals surface area contributed by atoms with Crippen molar-refractivity contribution in [2.45, 2.75) is 52.7 Å². The van der Waals surface area contributed by atoms with Crippen molar-refractivity contribution in [3.8, 4) is 0 Å². The number of aromatic nitrogens is 1. The number of hydrogen-bond acceptors (Lipinski definition) is 3. The van der Waals surface area contributed by atoms with Gasteiger partial charge in [-0.15, -0.1) is 0 Å². The maximum atomic E-state index is 6.15. The molecule has 0 saturated heterocycles. The minimum Gasteiger partial charge on any atom is -0.384 e. The number of rotatable bonds is 4. The van der Waals surface area contributed by atoms with E-state index in [2.05, 4.69) is 25.8 Å². The van der Waals surface area contributed by atoms with Crippen LogP contribution in [0.4, 0.5) is 5.82 Å². The van der Waals surface area contributed by atoms with Crippen LogP contribution in [0.15, 0.2) is 18.2 Å². The first-order valence-corrected chi connectivity index (χ1v) is 7.39. The minimum atomic E-state index is 0.368. The normalized spacial score (nSPS) is 27.7. The van der Waals surface area contributed by atoms with Crippen molar-refractivity contribution in [1.82, 2.24) is 4.98 Å². The van der Waals surface area contributed by atoms with Crippen LogP contribution >= 0.6 is 0 Å². The van der Waals surface area contributed by atoms with E-state index in [0.717, 1.165) is 11.6 Å². The van der Waals surface area contributed by atoms with Gasteiger partial charge in [-0.25, -0.2) is 4.98 Å². The lowest BCUT2D eigenvalue weighted by molar-refractivity contribution is -0.0482. The molecule has 1 aliphatic rings. The Morgan fingerprint density at radius 3 is 2.84 bits per heavy atom. The summed E-state index contributed by atoms with van der Waals surface area (Å²) in [5, 5.41) is 0. The minimum absolute atomic E-state index is 0.368. The molecule has 2 rings (SSSR count). The molecule has 1 heterocycles. The van der Waals surface area contributed by atoms with Crippen LogP contribution in [0.1, 0.15) is 45.7 Å². The van der Waals surface area contributed by atoms with Crippen LogP contribution in [0.3, 0.4) is 0 Å². The SMILES string of the molecule is CC1CCC(C(C)C)C(OCc2cccc(N)n2)C1. The smallest absolute Gasteiger partial charge is 0.123 e.